The van der Waals surface area contributed by atoms with Crippen LogP contribution >= 0.6 is 0 Å². The van der Waals surface area contributed by atoms with Gasteiger partial charge in [-0.15, -0.1) is 0 Å². The molecule has 0 unspecified atom stereocenters. The molecule has 2 aromatic heterocycles. The van der Waals surface area contributed by atoms with Crippen molar-refractivity contribution < 1.29 is 14.8 Å². The number of ether oxygens (including phenoxy) is 2. The van der Waals surface area contributed by atoms with Crippen LogP contribution in [0.1, 0.15) is 28.7 Å². The Morgan fingerprint density at radius 3 is 2.88 bits per heavy atom. The molecule has 3 aromatic rings. The van der Waals surface area contributed by atoms with Gasteiger partial charge in [0, 0.05) is 23.5 Å². The van der Waals surface area contributed by atoms with Gasteiger partial charge in [-0.05, 0) is 37.3 Å². The van der Waals surface area contributed by atoms with Gasteiger partial charge < -0.3 is 19.4 Å². The minimum Gasteiger partial charge on any atom is -0.454 e. The second kappa shape index (κ2) is 5.11. The molecular weight excluding hydrogens is 302 g/mol. The molecule has 4 heterocycles. The molecule has 0 saturated heterocycles. The summed E-state index contributed by atoms with van der Waals surface area (Å²) in [4.78, 5) is 4.75. The number of aromatic nitrogens is 2. The van der Waals surface area contributed by atoms with Crippen LogP contribution in [-0.4, -0.2) is 16.3 Å². The molecule has 0 aliphatic carbocycles. The van der Waals surface area contributed by atoms with Crippen LogP contribution in [0.3, 0.4) is 0 Å². The molecule has 0 amide bonds. The van der Waals surface area contributed by atoms with Gasteiger partial charge in [-0.25, -0.2) is 0 Å². The summed E-state index contributed by atoms with van der Waals surface area (Å²) < 4.78 is 13.4. The lowest BCUT2D eigenvalue weighted by atomic mass is 10.1. The second-order valence-corrected chi connectivity index (χ2v) is 6.26. The molecule has 2 N–H and O–H groups in total. The van der Waals surface area contributed by atoms with Crippen LogP contribution in [0.2, 0.25) is 0 Å². The normalized spacial score (nSPS) is 18.0. The van der Waals surface area contributed by atoms with Crippen LogP contribution in [0.15, 0.2) is 48.7 Å². The zero-order chi connectivity index (χ0) is 16.1. The maximum atomic E-state index is 5.57. The number of rotatable bonds is 1. The van der Waals surface area contributed by atoms with E-state index in [1.807, 2.05) is 13.0 Å². The molecule has 5 rings (SSSR count). The van der Waals surface area contributed by atoms with Crippen LogP contribution in [0.25, 0.3) is 5.69 Å². The number of aryl methyl sites for hydroxylation is 1. The Hall–Kier alpha value is -2.79. The van der Waals surface area contributed by atoms with E-state index >= 15 is 0 Å². The Bertz CT molecular complexity index is 932. The predicted octanol–water partition coefficient (Wildman–Crippen LogP) is 2.08. The van der Waals surface area contributed by atoms with Gasteiger partial charge in [0.05, 0.1) is 11.4 Å². The van der Waals surface area contributed by atoms with Crippen molar-refractivity contribution in [1.82, 2.24) is 9.55 Å². The fraction of sp³-hybridized carbons (Fsp3) is 0.211. The summed E-state index contributed by atoms with van der Waals surface area (Å²) in [6.45, 7) is 3.21. The molecule has 0 saturated carbocycles. The number of fused-ring (bicyclic) bond motifs is 4. The largest absolute Gasteiger partial charge is 0.454 e. The van der Waals surface area contributed by atoms with Crippen LogP contribution in [0.4, 0.5) is 0 Å². The highest BCUT2D eigenvalue weighted by molar-refractivity contribution is 5.56. The van der Waals surface area contributed by atoms with Gasteiger partial charge in [0.25, 0.3) is 0 Å². The molecule has 0 radical (unpaired) electrons. The summed E-state index contributed by atoms with van der Waals surface area (Å²) in [5, 5.41) is 2.33. The van der Waals surface area contributed by atoms with Crippen molar-refractivity contribution in [2.45, 2.75) is 19.5 Å². The third-order valence-electron chi connectivity index (χ3n) is 4.73. The summed E-state index contributed by atoms with van der Waals surface area (Å²) in [5.74, 6) is 1.66. The third kappa shape index (κ3) is 2.02. The molecule has 5 heteroatoms. The van der Waals surface area contributed by atoms with Gasteiger partial charge in [-0.3, -0.25) is 4.98 Å². The average molecular weight is 320 g/mol. The fourth-order valence-electron chi connectivity index (χ4n) is 3.60. The van der Waals surface area contributed by atoms with E-state index < -0.39 is 0 Å². The number of nitrogens with two attached hydrogens (primary N) is 1. The molecule has 120 valence electrons. The molecule has 5 nitrogen and oxygen atoms in total. The molecular formula is C19H18N3O2+. The number of hydrogen-bond donors (Lipinski definition) is 1. The molecule has 0 spiro atoms. The van der Waals surface area contributed by atoms with E-state index in [1.54, 1.807) is 0 Å². The van der Waals surface area contributed by atoms with Gasteiger partial charge >= 0.3 is 0 Å². The van der Waals surface area contributed by atoms with Crippen LogP contribution in [-0.2, 0) is 6.54 Å². The van der Waals surface area contributed by atoms with E-state index in [0.29, 0.717) is 6.79 Å². The van der Waals surface area contributed by atoms with Gasteiger partial charge in [-0.1, -0.05) is 6.07 Å². The Morgan fingerprint density at radius 1 is 1.12 bits per heavy atom. The predicted molar refractivity (Wildman–Crippen MR) is 88.3 cm³/mol. The molecule has 2 aliphatic heterocycles. The molecule has 1 atom stereocenters. The lowest BCUT2D eigenvalue weighted by Crippen LogP contribution is -2.83. The summed E-state index contributed by atoms with van der Waals surface area (Å²) in [7, 11) is 0. The van der Waals surface area contributed by atoms with Crippen molar-refractivity contribution in [3.05, 3.63) is 71.3 Å². The molecule has 1 aromatic carbocycles. The van der Waals surface area contributed by atoms with E-state index in [9.17, 15) is 0 Å². The lowest BCUT2D eigenvalue weighted by Gasteiger charge is -2.14. The Labute approximate surface area is 139 Å². The first-order valence-electron chi connectivity index (χ1n) is 8.16. The van der Waals surface area contributed by atoms with E-state index in [0.717, 1.165) is 35.1 Å². The van der Waals surface area contributed by atoms with Crippen molar-refractivity contribution in [3.63, 3.8) is 0 Å². The summed E-state index contributed by atoms with van der Waals surface area (Å²) in [6, 6.07) is 14.8. The lowest BCUT2D eigenvalue weighted by molar-refractivity contribution is -0.702. The Balaban J connectivity index is 1.66. The number of hydrogen-bond acceptors (Lipinski definition) is 3. The molecule has 24 heavy (non-hydrogen) atoms. The maximum absolute atomic E-state index is 5.57. The fourth-order valence-corrected chi connectivity index (χ4v) is 3.60. The first-order valence-corrected chi connectivity index (χ1v) is 8.16. The van der Waals surface area contributed by atoms with Gasteiger partial charge in [-0.2, -0.15) is 0 Å². The average Bonchev–Trinajstić information content (AvgIpc) is 3.20. The highest BCUT2D eigenvalue weighted by Gasteiger charge is 2.29. The highest BCUT2D eigenvalue weighted by Crippen LogP contribution is 2.38. The van der Waals surface area contributed by atoms with Gasteiger partial charge in [0.15, 0.2) is 17.5 Å². The van der Waals surface area contributed by atoms with Crippen LogP contribution in [0.5, 0.6) is 11.5 Å². The number of pyridine rings is 1. The number of quaternary nitrogens is 1. The van der Waals surface area contributed by atoms with Crippen molar-refractivity contribution in [3.8, 4) is 17.2 Å². The van der Waals surface area contributed by atoms with E-state index in [4.69, 9.17) is 14.5 Å². The maximum Gasteiger partial charge on any atom is 0.231 e. The SMILES string of the molecule is Cc1cccc([C@H]2[NH2+]Cc3cc4c(cc3-n3cccc32)OCO4)n1. The Morgan fingerprint density at radius 2 is 2.00 bits per heavy atom. The first-order chi connectivity index (χ1) is 11.8. The summed E-state index contributed by atoms with van der Waals surface area (Å²) in [5.41, 5.74) is 5.76. The van der Waals surface area contributed by atoms with Gasteiger partial charge in [0.1, 0.15) is 12.2 Å². The quantitative estimate of drug-likeness (QED) is 0.747. The minimum absolute atomic E-state index is 0.170. The Kier molecular flexibility index (Phi) is 2.90. The van der Waals surface area contributed by atoms with Crippen LogP contribution < -0.4 is 14.8 Å². The van der Waals surface area contributed by atoms with Crippen molar-refractivity contribution in [2.75, 3.05) is 6.79 Å². The zero-order valence-corrected chi connectivity index (χ0v) is 13.4. The highest BCUT2D eigenvalue weighted by atomic mass is 16.7. The standard InChI is InChI=1S/C19H17N3O2/c1-12-4-2-5-14(21-12)19-15-6-3-7-22(15)16-9-18-17(23-11-24-18)8-13(16)10-20-19/h2-9,19-20H,10-11H2,1H3/p+1/t19-/m1/s1. The topological polar surface area (TPSA) is 52.9 Å². The number of benzene rings is 1. The molecule has 2 aliphatic rings. The molecule has 0 fully saturated rings. The summed E-state index contributed by atoms with van der Waals surface area (Å²) >= 11 is 0. The van der Waals surface area contributed by atoms with Crippen molar-refractivity contribution in [1.29, 1.82) is 0 Å². The number of nitrogens with zero attached hydrogens (tertiary/aromatic N) is 2. The van der Waals surface area contributed by atoms with Crippen LogP contribution in [0, 0.1) is 6.92 Å². The van der Waals surface area contributed by atoms with Crippen molar-refractivity contribution >= 4 is 0 Å². The van der Waals surface area contributed by atoms with E-state index in [1.165, 1.54) is 11.3 Å². The smallest absolute Gasteiger partial charge is 0.231 e. The van der Waals surface area contributed by atoms with Crippen molar-refractivity contribution in [2.24, 2.45) is 0 Å². The molecule has 0 bridgehead atoms. The first kappa shape index (κ1) is 13.6. The minimum atomic E-state index is 0.170. The monoisotopic (exact) mass is 320 g/mol. The van der Waals surface area contributed by atoms with E-state index in [2.05, 4.69) is 52.5 Å². The second-order valence-electron chi connectivity index (χ2n) is 6.26. The third-order valence-corrected chi connectivity index (χ3v) is 4.73. The van der Waals surface area contributed by atoms with Gasteiger partial charge in [0.2, 0.25) is 6.79 Å². The summed E-state index contributed by atoms with van der Waals surface area (Å²) in [6.07, 6.45) is 2.11. The van der Waals surface area contributed by atoms with E-state index in [-0.39, 0.29) is 6.04 Å². The zero-order valence-electron chi connectivity index (χ0n) is 13.4.